The second kappa shape index (κ2) is 4.95. The first-order valence-corrected chi connectivity index (χ1v) is 7.55. The fraction of sp³-hybridized carbons (Fsp3) is 0.286. The maximum absolute atomic E-state index is 12.7. The average Bonchev–Trinajstić information content (AvgIpc) is 2.51. The van der Waals surface area contributed by atoms with Crippen LogP contribution in [0, 0.1) is 0 Å². The molecule has 0 atom stereocenters. The van der Waals surface area contributed by atoms with Crippen molar-refractivity contribution in [3.05, 3.63) is 45.7 Å². The molecule has 1 aliphatic heterocycles. The van der Waals surface area contributed by atoms with Gasteiger partial charge in [0.15, 0.2) is 0 Å². The molecule has 118 valence electrons. The van der Waals surface area contributed by atoms with Crippen LogP contribution in [0.1, 0.15) is 29.8 Å². The zero-order chi connectivity index (χ0) is 16.0. The van der Waals surface area contributed by atoms with Crippen molar-refractivity contribution in [2.75, 3.05) is 10.7 Å². The van der Waals surface area contributed by atoms with Gasteiger partial charge in [-0.25, -0.2) is 14.6 Å². The third-order valence-corrected chi connectivity index (χ3v) is 4.39. The van der Waals surface area contributed by atoms with Crippen molar-refractivity contribution >= 4 is 29.0 Å². The zero-order valence-corrected chi connectivity index (χ0v) is 12.7. The minimum Gasteiger partial charge on any atom is -0.336 e. The number of nitrogens with zero attached hydrogens (tertiary/aromatic N) is 3. The Morgan fingerprint density at radius 2 is 2.17 bits per heavy atom. The lowest BCUT2D eigenvalue weighted by Gasteiger charge is -2.47. The van der Waals surface area contributed by atoms with Crippen LogP contribution in [0.15, 0.2) is 29.5 Å². The first-order valence-electron chi connectivity index (χ1n) is 7.17. The quantitative estimate of drug-likeness (QED) is 0.764. The van der Waals surface area contributed by atoms with Gasteiger partial charge in [0, 0.05) is 6.20 Å². The van der Waals surface area contributed by atoms with Gasteiger partial charge in [0.05, 0.1) is 5.02 Å². The molecule has 1 spiro atoms. The van der Waals surface area contributed by atoms with E-state index in [0.717, 1.165) is 19.3 Å². The number of carbonyl (C=O) groups is 1. The largest absolute Gasteiger partial charge is 0.336 e. The van der Waals surface area contributed by atoms with Crippen molar-refractivity contribution in [2.45, 2.75) is 24.9 Å². The summed E-state index contributed by atoms with van der Waals surface area (Å²) < 4.78 is 1.23. The number of hydrogen-bond donors (Lipinski definition) is 3. The number of nitrogens with one attached hydrogen (secondary N) is 3. The summed E-state index contributed by atoms with van der Waals surface area (Å²) in [5.41, 5.74) is 2.50. The second-order valence-corrected chi connectivity index (χ2v) is 6.02. The number of pyridine rings is 1. The maximum Gasteiger partial charge on any atom is 0.293 e. The van der Waals surface area contributed by atoms with Gasteiger partial charge in [-0.2, -0.15) is 0 Å². The molecule has 1 amide bonds. The average molecular weight is 333 g/mol. The van der Waals surface area contributed by atoms with Gasteiger partial charge in [0.2, 0.25) is 0 Å². The normalized spacial score (nSPS) is 17.7. The number of amides is 1. The van der Waals surface area contributed by atoms with Crippen molar-refractivity contribution in [3.8, 4) is 0 Å². The smallest absolute Gasteiger partial charge is 0.293 e. The Kier molecular flexibility index (Phi) is 3.02. The Morgan fingerprint density at radius 1 is 1.35 bits per heavy atom. The van der Waals surface area contributed by atoms with Gasteiger partial charge in [-0.1, -0.05) is 11.6 Å². The Hall–Kier alpha value is -2.61. The Morgan fingerprint density at radius 3 is 2.83 bits per heavy atom. The first kappa shape index (κ1) is 14.0. The van der Waals surface area contributed by atoms with Crippen LogP contribution < -0.4 is 21.6 Å². The van der Waals surface area contributed by atoms with Crippen molar-refractivity contribution in [1.29, 1.82) is 0 Å². The molecule has 0 radical (unpaired) electrons. The van der Waals surface area contributed by atoms with E-state index in [4.69, 9.17) is 11.6 Å². The molecular weight excluding hydrogens is 320 g/mol. The summed E-state index contributed by atoms with van der Waals surface area (Å²) in [6.07, 6.45) is 5.46. The van der Waals surface area contributed by atoms with Gasteiger partial charge in [-0.3, -0.25) is 15.0 Å². The van der Waals surface area contributed by atoms with Crippen LogP contribution in [0.2, 0.25) is 5.02 Å². The third kappa shape index (κ3) is 2.22. The molecule has 1 aliphatic carbocycles. The number of anilines is 2. The predicted octanol–water partition coefficient (Wildman–Crippen LogP) is 1.20. The molecule has 9 heteroatoms. The SMILES string of the molecule is O=C1NC2(CCC2)Nn2c1c(Cl)cc(Nc1ccncn1)c2=O. The Labute approximate surface area is 135 Å². The van der Waals surface area contributed by atoms with E-state index < -0.39 is 5.66 Å². The van der Waals surface area contributed by atoms with Gasteiger partial charge in [0.1, 0.15) is 29.2 Å². The molecule has 3 N–H and O–H groups in total. The molecule has 3 heterocycles. The van der Waals surface area contributed by atoms with E-state index in [1.165, 1.54) is 17.1 Å². The van der Waals surface area contributed by atoms with Crippen LogP contribution in [0.4, 0.5) is 11.5 Å². The van der Waals surface area contributed by atoms with E-state index in [0.29, 0.717) is 5.82 Å². The lowest BCUT2D eigenvalue weighted by Crippen LogP contribution is -2.67. The highest BCUT2D eigenvalue weighted by atomic mass is 35.5. The van der Waals surface area contributed by atoms with Crippen molar-refractivity contribution in [2.24, 2.45) is 0 Å². The molecule has 0 saturated heterocycles. The maximum atomic E-state index is 12.7. The van der Waals surface area contributed by atoms with Gasteiger partial charge >= 0.3 is 0 Å². The summed E-state index contributed by atoms with van der Waals surface area (Å²) in [5.74, 6) is 0.117. The summed E-state index contributed by atoms with van der Waals surface area (Å²) in [7, 11) is 0. The minimum atomic E-state index is -0.551. The number of aromatic nitrogens is 3. The topological polar surface area (TPSA) is 101 Å². The molecule has 0 aromatic carbocycles. The highest BCUT2D eigenvalue weighted by Gasteiger charge is 2.44. The first-order chi connectivity index (χ1) is 11.1. The lowest BCUT2D eigenvalue weighted by atomic mass is 9.84. The summed E-state index contributed by atoms with van der Waals surface area (Å²) in [5, 5.41) is 5.97. The summed E-state index contributed by atoms with van der Waals surface area (Å²) >= 11 is 6.20. The highest BCUT2D eigenvalue weighted by Crippen LogP contribution is 2.33. The van der Waals surface area contributed by atoms with Crippen LogP contribution in [-0.2, 0) is 0 Å². The van der Waals surface area contributed by atoms with E-state index in [1.54, 1.807) is 12.3 Å². The zero-order valence-electron chi connectivity index (χ0n) is 12.0. The molecule has 0 bridgehead atoms. The predicted molar refractivity (Wildman–Crippen MR) is 84.4 cm³/mol. The standard InChI is InChI=1S/C14H13ClN6O2/c15-8-6-9(18-10-2-5-16-7-17-10)13(23)21-11(8)12(22)19-14(20-21)3-1-4-14/h2,5-7,20H,1,3-4H2,(H,19,22)(H,16,17,18). The fourth-order valence-corrected chi connectivity index (χ4v) is 3.06. The number of halogens is 1. The van der Waals surface area contributed by atoms with Crippen molar-refractivity contribution in [3.63, 3.8) is 0 Å². The minimum absolute atomic E-state index is 0.113. The van der Waals surface area contributed by atoms with Crippen LogP contribution in [0.25, 0.3) is 0 Å². The van der Waals surface area contributed by atoms with E-state index in [1.807, 2.05) is 0 Å². The number of carbonyl (C=O) groups excluding carboxylic acids is 1. The van der Waals surface area contributed by atoms with Crippen LogP contribution in [-0.4, -0.2) is 26.2 Å². The lowest BCUT2D eigenvalue weighted by molar-refractivity contribution is 0.0790. The van der Waals surface area contributed by atoms with Crippen LogP contribution >= 0.6 is 11.6 Å². The van der Waals surface area contributed by atoms with E-state index in [9.17, 15) is 9.59 Å². The molecular formula is C14H13ClN6O2. The van der Waals surface area contributed by atoms with Gasteiger partial charge in [-0.15, -0.1) is 0 Å². The molecule has 2 aromatic rings. The van der Waals surface area contributed by atoms with Crippen molar-refractivity contribution < 1.29 is 4.79 Å². The molecule has 2 aromatic heterocycles. The summed E-state index contributed by atoms with van der Waals surface area (Å²) in [6.45, 7) is 0. The van der Waals surface area contributed by atoms with E-state index >= 15 is 0 Å². The summed E-state index contributed by atoms with van der Waals surface area (Å²) in [6, 6.07) is 3.06. The van der Waals surface area contributed by atoms with Gasteiger partial charge < -0.3 is 10.6 Å². The van der Waals surface area contributed by atoms with Crippen LogP contribution in [0.5, 0.6) is 0 Å². The Bertz CT molecular complexity index is 846. The van der Waals surface area contributed by atoms with E-state index in [-0.39, 0.29) is 27.9 Å². The molecule has 23 heavy (non-hydrogen) atoms. The fourth-order valence-electron chi connectivity index (χ4n) is 2.78. The number of fused-ring (bicyclic) bond motifs is 1. The van der Waals surface area contributed by atoms with Gasteiger partial charge in [-0.05, 0) is 31.4 Å². The van der Waals surface area contributed by atoms with Crippen molar-refractivity contribution in [1.82, 2.24) is 20.0 Å². The molecule has 4 rings (SSSR count). The summed E-state index contributed by atoms with van der Waals surface area (Å²) in [4.78, 5) is 32.8. The number of hydrogen-bond acceptors (Lipinski definition) is 6. The third-order valence-electron chi connectivity index (χ3n) is 4.10. The monoisotopic (exact) mass is 332 g/mol. The Balaban J connectivity index is 1.79. The van der Waals surface area contributed by atoms with Gasteiger partial charge in [0.25, 0.3) is 11.5 Å². The second-order valence-electron chi connectivity index (χ2n) is 5.62. The highest BCUT2D eigenvalue weighted by molar-refractivity contribution is 6.34. The molecule has 0 unspecified atom stereocenters. The molecule has 1 saturated carbocycles. The molecule has 1 fully saturated rings. The van der Waals surface area contributed by atoms with E-state index in [2.05, 4.69) is 26.0 Å². The number of rotatable bonds is 2. The molecule has 8 nitrogen and oxygen atoms in total. The van der Waals surface area contributed by atoms with Crippen LogP contribution in [0.3, 0.4) is 0 Å². The molecule has 2 aliphatic rings.